The smallest absolute Gasteiger partial charge is 0.406 e. The summed E-state index contributed by atoms with van der Waals surface area (Å²) in [4.78, 5) is 22.5. The minimum Gasteiger partial charge on any atom is -0.481 e. The number of hydrogen-bond acceptors (Lipinski definition) is 3. The Kier molecular flexibility index (Phi) is 4.67. The second-order valence-corrected chi connectivity index (χ2v) is 4.74. The standard InChI is InChI=1S/C9H12F3NO3S/c10-9(11,12)5-13(6-1-2-6)7(14)3-17-4-8(15)16/h6H,1-5H2,(H,15,16). The Bertz CT molecular complexity index is 304. The molecule has 1 fully saturated rings. The van der Waals surface area contributed by atoms with Crippen molar-refractivity contribution in [2.24, 2.45) is 0 Å². The third kappa shape index (κ3) is 5.81. The molecule has 1 saturated carbocycles. The number of rotatable bonds is 6. The van der Waals surface area contributed by atoms with Crippen LogP contribution in [0.15, 0.2) is 0 Å². The molecule has 4 nitrogen and oxygen atoms in total. The van der Waals surface area contributed by atoms with E-state index in [2.05, 4.69) is 0 Å². The largest absolute Gasteiger partial charge is 0.481 e. The van der Waals surface area contributed by atoms with Crippen molar-refractivity contribution >= 4 is 23.6 Å². The van der Waals surface area contributed by atoms with Gasteiger partial charge in [-0.15, -0.1) is 11.8 Å². The quantitative estimate of drug-likeness (QED) is 0.792. The van der Waals surface area contributed by atoms with Gasteiger partial charge in [0.2, 0.25) is 5.91 Å². The highest BCUT2D eigenvalue weighted by Gasteiger charge is 2.40. The van der Waals surface area contributed by atoms with Gasteiger partial charge in [-0.05, 0) is 12.8 Å². The maximum atomic E-state index is 12.2. The van der Waals surface area contributed by atoms with Crippen LogP contribution in [0, 0.1) is 0 Å². The first-order valence-electron chi connectivity index (χ1n) is 4.95. The van der Waals surface area contributed by atoms with Crippen molar-refractivity contribution in [1.29, 1.82) is 0 Å². The number of carbonyl (C=O) groups is 2. The fourth-order valence-corrected chi connectivity index (χ4v) is 1.93. The van der Waals surface area contributed by atoms with E-state index in [0.29, 0.717) is 12.8 Å². The van der Waals surface area contributed by atoms with E-state index in [1.54, 1.807) is 0 Å². The Hall–Kier alpha value is -0.920. The van der Waals surface area contributed by atoms with Gasteiger partial charge < -0.3 is 10.0 Å². The molecule has 8 heteroatoms. The number of carboxylic acids is 1. The van der Waals surface area contributed by atoms with E-state index >= 15 is 0 Å². The third-order valence-corrected chi connectivity index (χ3v) is 3.01. The van der Waals surface area contributed by atoms with Crippen LogP contribution in [0.4, 0.5) is 13.2 Å². The lowest BCUT2D eigenvalue weighted by atomic mass is 10.4. The molecule has 0 aromatic rings. The number of carbonyl (C=O) groups excluding carboxylic acids is 1. The minimum absolute atomic E-state index is 0.223. The first-order valence-corrected chi connectivity index (χ1v) is 6.11. The van der Waals surface area contributed by atoms with Crippen molar-refractivity contribution in [3.63, 3.8) is 0 Å². The van der Waals surface area contributed by atoms with E-state index in [-0.39, 0.29) is 17.5 Å². The topological polar surface area (TPSA) is 57.6 Å². The van der Waals surface area contributed by atoms with Crippen LogP contribution in [0.2, 0.25) is 0 Å². The molecule has 0 unspecified atom stereocenters. The van der Waals surface area contributed by atoms with Crippen LogP contribution in [0.1, 0.15) is 12.8 Å². The number of nitrogens with zero attached hydrogens (tertiary/aromatic N) is 1. The number of amides is 1. The molecular formula is C9H12F3NO3S. The number of halogens is 3. The number of alkyl halides is 3. The van der Waals surface area contributed by atoms with Gasteiger partial charge in [0.25, 0.3) is 0 Å². The van der Waals surface area contributed by atoms with E-state index in [4.69, 9.17) is 5.11 Å². The molecule has 0 spiro atoms. The SMILES string of the molecule is O=C(O)CSCC(=O)N(CC(F)(F)F)C1CC1. The summed E-state index contributed by atoms with van der Waals surface area (Å²) >= 11 is 0.811. The van der Waals surface area contributed by atoms with Gasteiger partial charge in [0.1, 0.15) is 6.54 Å². The molecule has 0 atom stereocenters. The summed E-state index contributed by atoms with van der Waals surface area (Å²) in [6, 6.07) is -0.324. The number of aliphatic carboxylic acids is 1. The summed E-state index contributed by atoms with van der Waals surface area (Å²) < 4.78 is 36.6. The summed E-state index contributed by atoms with van der Waals surface area (Å²) in [5, 5.41) is 8.35. The Balaban J connectivity index is 2.41. The van der Waals surface area contributed by atoms with Crippen LogP contribution in [0.3, 0.4) is 0 Å². The third-order valence-electron chi connectivity index (χ3n) is 2.11. The second-order valence-electron chi connectivity index (χ2n) is 3.75. The highest BCUT2D eigenvalue weighted by molar-refractivity contribution is 8.00. The summed E-state index contributed by atoms with van der Waals surface area (Å²) in [6.07, 6.45) is -3.23. The maximum Gasteiger partial charge on any atom is 0.406 e. The number of thioether (sulfide) groups is 1. The molecule has 1 aliphatic rings. The van der Waals surface area contributed by atoms with Gasteiger partial charge in [-0.2, -0.15) is 13.2 Å². The predicted molar refractivity (Wildman–Crippen MR) is 55.8 cm³/mol. The van der Waals surface area contributed by atoms with Gasteiger partial charge in [0.05, 0.1) is 11.5 Å². The van der Waals surface area contributed by atoms with E-state index in [1.807, 2.05) is 0 Å². The van der Waals surface area contributed by atoms with Crippen molar-refractivity contribution in [2.45, 2.75) is 25.1 Å². The normalized spacial score (nSPS) is 15.7. The molecule has 17 heavy (non-hydrogen) atoms. The molecule has 0 saturated heterocycles. The zero-order chi connectivity index (χ0) is 13.1. The van der Waals surface area contributed by atoms with E-state index < -0.39 is 24.6 Å². The van der Waals surface area contributed by atoms with Gasteiger partial charge in [0.15, 0.2) is 0 Å². The highest BCUT2D eigenvalue weighted by atomic mass is 32.2. The van der Waals surface area contributed by atoms with Gasteiger partial charge in [0, 0.05) is 6.04 Å². The molecule has 0 heterocycles. The first-order chi connectivity index (χ1) is 7.79. The van der Waals surface area contributed by atoms with Crippen LogP contribution in [0.5, 0.6) is 0 Å². The molecule has 1 aliphatic carbocycles. The molecule has 98 valence electrons. The van der Waals surface area contributed by atoms with E-state index in [9.17, 15) is 22.8 Å². The van der Waals surface area contributed by atoms with Crippen molar-refractivity contribution < 1.29 is 27.9 Å². The molecule has 0 bridgehead atoms. The summed E-state index contributed by atoms with van der Waals surface area (Å²) in [5.41, 5.74) is 0. The fourth-order valence-electron chi connectivity index (χ4n) is 1.31. The van der Waals surface area contributed by atoms with Crippen LogP contribution in [-0.4, -0.2) is 52.2 Å². The molecule has 1 amide bonds. The van der Waals surface area contributed by atoms with Gasteiger partial charge in [-0.25, -0.2) is 0 Å². The maximum absolute atomic E-state index is 12.2. The van der Waals surface area contributed by atoms with Crippen molar-refractivity contribution in [3.8, 4) is 0 Å². The van der Waals surface area contributed by atoms with Gasteiger partial charge in [-0.1, -0.05) is 0 Å². The Morgan fingerprint density at radius 1 is 1.29 bits per heavy atom. The van der Waals surface area contributed by atoms with Crippen LogP contribution < -0.4 is 0 Å². The Morgan fingerprint density at radius 2 is 1.88 bits per heavy atom. The molecule has 0 aliphatic heterocycles. The average Bonchev–Trinajstić information content (AvgIpc) is 2.95. The summed E-state index contributed by atoms with van der Waals surface area (Å²) in [6.45, 7) is -1.25. The zero-order valence-electron chi connectivity index (χ0n) is 8.87. The lowest BCUT2D eigenvalue weighted by Gasteiger charge is -2.23. The zero-order valence-corrected chi connectivity index (χ0v) is 9.68. The van der Waals surface area contributed by atoms with Crippen molar-refractivity contribution in [3.05, 3.63) is 0 Å². The monoisotopic (exact) mass is 271 g/mol. The average molecular weight is 271 g/mol. The van der Waals surface area contributed by atoms with E-state index in [0.717, 1.165) is 16.7 Å². The lowest BCUT2D eigenvalue weighted by Crippen LogP contribution is -2.41. The highest BCUT2D eigenvalue weighted by Crippen LogP contribution is 2.30. The van der Waals surface area contributed by atoms with Crippen molar-refractivity contribution in [1.82, 2.24) is 4.90 Å². The van der Waals surface area contributed by atoms with Crippen molar-refractivity contribution in [2.75, 3.05) is 18.1 Å². The van der Waals surface area contributed by atoms with Crippen LogP contribution >= 0.6 is 11.8 Å². The molecule has 1 rings (SSSR count). The second kappa shape index (κ2) is 5.61. The minimum atomic E-state index is -4.41. The molecule has 0 aromatic carbocycles. The van der Waals surface area contributed by atoms with Gasteiger partial charge in [-0.3, -0.25) is 9.59 Å². The molecule has 0 aromatic heterocycles. The Morgan fingerprint density at radius 3 is 2.29 bits per heavy atom. The first kappa shape index (κ1) is 14.1. The lowest BCUT2D eigenvalue weighted by molar-refractivity contribution is -0.160. The fraction of sp³-hybridized carbons (Fsp3) is 0.778. The number of carboxylic acid groups (broad SMARTS) is 1. The molecule has 1 N–H and O–H groups in total. The predicted octanol–water partition coefficient (Wildman–Crippen LogP) is 1.36. The summed E-state index contributed by atoms with van der Waals surface area (Å²) in [5.74, 6) is -2.23. The van der Waals surface area contributed by atoms with Crippen LogP contribution in [-0.2, 0) is 9.59 Å². The number of hydrogen-bond donors (Lipinski definition) is 1. The molecule has 0 radical (unpaired) electrons. The van der Waals surface area contributed by atoms with E-state index in [1.165, 1.54) is 0 Å². The van der Waals surface area contributed by atoms with Crippen LogP contribution in [0.25, 0.3) is 0 Å². The summed E-state index contributed by atoms with van der Waals surface area (Å²) in [7, 11) is 0. The molecular weight excluding hydrogens is 259 g/mol. The van der Waals surface area contributed by atoms with Gasteiger partial charge >= 0.3 is 12.1 Å². The Labute approximate surface area is 100 Å².